The molecule has 0 atom stereocenters. The molecule has 0 aromatic carbocycles. The molecule has 0 radical (unpaired) electrons. The van der Waals surface area contributed by atoms with Crippen molar-refractivity contribution in [3.8, 4) is 6.07 Å². The summed E-state index contributed by atoms with van der Waals surface area (Å²) in [5.74, 6) is 0. The number of aromatic nitrogens is 1. The first-order chi connectivity index (χ1) is 5.33. The van der Waals surface area contributed by atoms with E-state index in [9.17, 15) is 0 Å². The van der Waals surface area contributed by atoms with Crippen molar-refractivity contribution >= 4 is 15.9 Å². The molecule has 58 valence electrons. The van der Waals surface area contributed by atoms with E-state index in [1.54, 1.807) is 12.1 Å². The van der Waals surface area contributed by atoms with Gasteiger partial charge in [0.2, 0.25) is 0 Å². The Labute approximate surface area is 75.0 Å². The lowest BCUT2D eigenvalue weighted by Crippen LogP contribution is -1.76. The normalized spacial score (nSPS) is 7.45. The molecule has 0 amide bonds. The molecule has 0 aliphatic carbocycles. The van der Waals surface area contributed by atoms with Crippen LogP contribution in [-0.2, 0) is 0 Å². The van der Waals surface area contributed by atoms with Crippen LogP contribution in [0, 0.1) is 11.3 Å². The van der Waals surface area contributed by atoms with E-state index in [-0.39, 0.29) is 0 Å². The van der Waals surface area contributed by atoms with E-state index in [4.69, 9.17) is 5.26 Å². The summed E-state index contributed by atoms with van der Waals surface area (Å²) in [5, 5.41) is 8.32. The SMILES string of the molecule is CC.N#Cc1ccc(Br)nc1. The van der Waals surface area contributed by atoms with Gasteiger partial charge in [-0.25, -0.2) is 4.98 Å². The third-order valence-corrected chi connectivity index (χ3v) is 1.33. The van der Waals surface area contributed by atoms with Crippen molar-refractivity contribution in [2.75, 3.05) is 0 Å². The van der Waals surface area contributed by atoms with Crippen molar-refractivity contribution in [3.05, 3.63) is 28.5 Å². The van der Waals surface area contributed by atoms with Crippen LogP contribution in [0.15, 0.2) is 22.9 Å². The summed E-state index contributed by atoms with van der Waals surface area (Å²) in [6, 6.07) is 5.41. The topological polar surface area (TPSA) is 36.7 Å². The molecule has 1 heterocycles. The number of nitriles is 1. The Kier molecular flexibility index (Phi) is 5.40. The number of rotatable bonds is 0. The van der Waals surface area contributed by atoms with Gasteiger partial charge in [-0.15, -0.1) is 0 Å². The predicted octanol–water partition coefficient (Wildman–Crippen LogP) is 2.74. The van der Waals surface area contributed by atoms with Crippen molar-refractivity contribution in [1.29, 1.82) is 5.26 Å². The lowest BCUT2D eigenvalue weighted by Gasteiger charge is -1.85. The Morgan fingerprint density at radius 1 is 1.45 bits per heavy atom. The molecule has 2 nitrogen and oxygen atoms in total. The van der Waals surface area contributed by atoms with Gasteiger partial charge in [-0.3, -0.25) is 0 Å². The molecular weight excluding hydrogens is 204 g/mol. The second-order valence-corrected chi connectivity index (χ2v) is 2.29. The van der Waals surface area contributed by atoms with Crippen LogP contribution in [0.4, 0.5) is 0 Å². The predicted molar refractivity (Wildman–Crippen MR) is 48.0 cm³/mol. The van der Waals surface area contributed by atoms with Gasteiger partial charge in [-0.1, -0.05) is 13.8 Å². The molecular formula is C8H9BrN2. The van der Waals surface area contributed by atoms with Crippen molar-refractivity contribution in [2.24, 2.45) is 0 Å². The summed E-state index contributed by atoms with van der Waals surface area (Å²) in [6.07, 6.45) is 1.52. The van der Waals surface area contributed by atoms with E-state index >= 15 is 0 Å². The molecule has 0 aliphatic rings. The number of pyridine rings is 1. The molecule has 1 rings (SSSR count). The molecule has 3 heteroatoms. The highest BCUT2D eigenvalue weighted by Crippen LogP contribution is 2.04. The Balaban J connectivity index is 0.000000461. The lowest BCUT2D eigenvalue weighted by atomic mass is 10.3. The summed E-state index contributed by atoms with van der Waals surface area (Å²) >= 11 is 3.15. The van der Waals surface area contributed by atoms with Gasteiger partial charge in [-0.05, 0) is 28.1 Å². The molecule has 1 aromatic rings. The second-order valence-electron chi connectivity index (χ2n) is 1.48. The highest BCUT2D eigenvalue weighted by atomic mass is 79.9. The average Bonchev–Trinajstić information content (AvgIpc) is 2.10. The van der Waals surface area contributed by atoms with Crippen LogP contribution in [0.25, 0.3) is 0 Å². The maximum absolute atomic E-state index is 8.32. The van der Waals surface area contributed by atoms with Gasteiger partial charge in [0.05, 0.1) is 5.56 Å². The van der Waals surface area contributed by atoms with E-state index in [2.05, 4.69) is 20.9 Å². The smallest absolute Gasteiger partial charge is 0.106 e. The van der Waals surface area contributed by atoms with E-state index in [1.165, 1.54) is 6.20 Å². The number of nitrogens with zero attached hydrogens (tertiary/aromatic N) is 2. The number of halogens is 1. The molecule has 0 saturated carbocycles. The molecule has 0 unspecified atom stereocenters. The van der Waals surface area contributed by atoms with E-state index < -0.39 is 0 Å². The monoisotopic (exact) mass is 212 g/mol. The summed E-state index contributed by atoms with van der Waals surface area (Å²) in [4.78, 5) is 3.84. The second kappa shape index (κ2) is 5.87. The molecule has 0 aliphatic heterocycles. The Morgan fingerprint density at radius 3 is 2.45 bits per heavy atom. The first-order valence-corrected chi connectivity index (χ1v) is 4.14. The van der Waals surface area contributed by atoms with Crippen LogP contribution in [0.2, 0.25) is 0 Å². The summed E-state index contributed by atoms with van der Waals surface area (Å²) < 4.78 is 0.751. The maximum atomic E-state index is 8.32. The quantitative estimate of drug-likeness (QED) is 0.621. The van der Waals surface area contributed by atoms with Crippen molar-refractivity contribution in [2.45, 2.75) is 13.8 Å². The van der Waals surface area contributed by atoms with Crippen LogP contribution in [-0.4, -0.2) is 4.98 Å². The fourth-order valence-electron chi connectivity index (χ4n) is 0.442. The van der Waals surface area contributed by atoms with Crippen molar-refractivity contribution in [1.82, 2.24) is 4.98 Å². The molecule has 0 spiro atoms. The Morgan fingerprint density at radius 2 is 2.09 bits per heavy atom. The van der Waals surface area contributed by atoms with Crippen molar-refractivity contribution in [3.63, 3.8) is 0 Å². The zero-order valence-corrected chi connectivity index (χ0v) is 8.09. The third-order valence-electron chi connectivity index (χ3n) is 0.856. The minimum atomic E-state index is 0.582. The van der Waals surface area contributed by atoms with E-state index in [0.717, 1.165) is 4.60 Å². The minimum Gasteiger partial charge on any atom is -0.248 e. The van der Waals surface area contributed by atoms with Gasteiger partial charge in [0.15, 0.2) is 0 Å². The van der Waals surface area contributed by atoms with Gasteiger partial charge in [0.25, 0.3) is 0 Å². The largest absolute Gasteiger partial charge is 0.248 e. The Bertz CT molecular complexity index is 235. The molecule has 0 N–H and O–H groups in total. The van der Waals surface area contributed by atoms with Crippen LogP contribution in [0.1, 0.15) is 19.4 Å². The average molecular weight is 213 g/mol. The Hall–Kier alpha value is -0.880. The fraction of sp³-hybridized carbons (Fsp3) is 0.250. The zero-order valence-electron chi connectivity index (χ0n) is 6.50. The minimum absolute atomic E-state index is 0.582. The molecule has 0 fully saturated rings. The van der Waals surface area contributed by atoms with Gasteiger partial charge < -0.3 is 0 Å². The lowest BCUT2D eigenvalue weighted by molar-refractivity contribution is 1.26. The highest BCUT2D eigenvalue weighted by molar-refractivity contribution is 9.10. The first-order valence-electron chi connectivity index (χ1n) is 3.34. The van der Waals surface area contributed by atoms with Gasteiger partial charge in [0.1, 0.15) is 10.7 Å². The van der Waals surface area contributed by atoms with Gasteiger partial charge in [0, 0.05) is 6.20 Å². The van der Waals surface area contributed by atoms with Crippen molar-refractivity contribution < 1.29 is 0 Å². The molecule has 11 heavy (non-hydrogen) atoms. The van der Waals surface area contributed by atoms with Gasteiger partial charge in [-0.2, -0.15) is 5.26 Å². The molecule has 0 bridgehead atoms. The van der Waals surface area contributed by atoms with Crippen LogP contribution >= 0.6 is 15.9 Å². The fourth-order valence-corrected chi connectivity index (χ4v) is 0.676. The van der Waals surface area contributed by atoms with E-state index in [0.29, 0.717) is 5.56 Å². The van der Waals surface area contributed by atoms with Gasteiger partial charge >= 0.3 is 0 Å². The third kappa shape index (κ3) is 3.74. The van der Waals surface area contributed by atoms with Crippen LogP contribution in [0.3, 0.4) is 0 Å². The standard InChI is InChI=1S/C6H3BrN2.C2H6/c7-6-2-1-5(3-8)4-9-6;1-2/h1-2,4H;1-2H3. The number of hydrogen-bond donors (Lipinski definition) is 0. The summed E-state index contributed by atoms with van der Waals surface area (Å²) in [5.41, 5.74) is 0.582. The first kappa shape index (κ1) is 10.1. The van der Waals surface area contributed by atoms with Crippen LogP contribution < -0.4 is 0 Å². The van der Waals surface area contributed by atoms with Crippen LogP contribution in [0.5, 0.6) is 0 Å². The molecule has 0 saturated heterocycles. The highest BCUT2D eigenvalue weighted by Gasteiger charge is 1.87. The summed E-state index contributed by atoms with van der Waals surface area (Å²) in [7, 11) is 0. The zero-order chi connectivity index (χ0) is 8.69. The number of hydrogen-bond acceptors (Lipinski definition) is 2. The summed E-state index contributed by atoms with van der Waals surface area (Å²) in [6.45, 7) is 4.00. The van der Waals surface area contributed by atoms with E-state index in [1.807, 2.05) is 19.9 Å². The molecule has 1 aromatic heterocycles. The maximum Gasteiger partial charge on any atom is 0.106 e.